The van der Waals surface area contributed by atoms with Crippen LogP contribution in [-0.4, -0.2) is 16.7 Å². The van der Waals surface area contributed by atoms with E-state index in [9.17, 15) is 4.79 Å². The fourth-order valence-corrected chi connectivity index (χ4v) is 3.31. The van der Waals surface area contributed by atoms with Crippen molar-refractivity contribution in [2.75, 3.05) is 0 Å². The lowest BCUT2D eigenvalue weighted by Gasteiger charge is -2.12. The van der Waals surface area contributed by atoms with Crippen LogP contribution in [0, 0.1) is 13.8 Å². The average molecular weight is 400 g/mol. The summed E-state index contributed by atoms with van der Waals surface area (Å²) in [5.41, 5.74) is 7.17. The van der Waals surface area contributed by atoms with Crippen LogP contribution in [0.1, 0.15) is 22.5 Å². The zero-order valence-corrected chi connectivity index (χ0v) is 16.6. The van der Waals surface area contributed by atoms with E-state index < -0.39 is 0 Å². The third kappa shape index (κ3) is 4.59. The van der Waals surface area contributed by atoms with Crippen molar-refractivity contribution in [3.8, 4) is 5.69 Å². The molecule has 2 aromatic carbocycles. The van der Waals surface area contributed by atoms with E-state index in [1.54, 1.807) is 18.3 Å². The van der Waals surface area contributed by atoms with Gasteiger partial charge in [-0.25, -0.2) is 5.43 Å². The van der Waals surface area contributed by atoms with Crippen LogP contribution in [0.2, 0.25) is 10.0 Å². The summed E-state index contributed by atoms with van der Waals surface area (Å²) in [5.74, 6) is -0.163. The summed E-state index contributed by atoms with van der Waals surface area (Å²) >= 11 is 12.5. The molecular weight excluding hydrogens is 381 g/mol. The molecule has 4 nitrogen and oxygen atoms in total. The fraction of sp³-hybridized carbons (Fsp3) is 0.143. The third-order valence-electron chi connectivity index (χ3n) is 4.22. The van der Waals surface area contributed by atoms with Crippen molar-refractivity contribution in [1.29, 1.82) is 0 Å². The van der Waals surface area contributed by atoms with E-state index in [1.807, 2.05) is 60.9 Å². The summed E-state index contributed by atoms with van der Waals surface area (Å²) in [5, 5.41) is 5.32. The minimum atomic E-state index is -0.163. The minimum Gasteiger partial charge on any atom is -0.316 e. The zero-order valence-electron chi connectivity index (χ0n) is 15.0. The highest BCUT2D eigenvalue weighted by molar-refractivity contribution is 6.34. The molecule has 0 bridgehead atoms. The van der Waals surface area contributed by atoms with E-state index in [0.717, 1.165) is 28.2 Å². The van der Waals surface area contributed by atoms with E-state index in [2.05, 4.69) is 10.5 Å². The van der Waals surface area contributed by atoms with E-state index in [4.69, 9.17) is 23.2 Å². The van der Waals surface area contributed by atoms with Gasteiger partial charge in [0, 0.05) is 22.0 Å². The highest BCUT2D eigenvalue weighted by atomic mass is 35.5. The molecule has 1 heterocycles. The number of carbonyl (C=O) groups excluding carboxylic acids is 1. The number of hydrogen-bond donors (Lipinski definition) is 1. The molecule has 6 heteroatoms. The lowest BCUT2D eigenvalue weighted by Crippen LogP contribution is -2.19. The van der Waals surface area contributed by atoms with Gasteiger partial charge < -0.3 is 4.57 Å². The Morgan fingerprint density at radius 1 is 1.11 bits per heavy atom. The van der Waals surface area contributed by atoms with E-state index in [1.165, 1.54) is 0 Å². The zero-order chi connectivity index (χ0) is 19.4. The molecule has 3 rings (SSSR count). The maximum Gasteiger partial charge on any atom is 0.244 e. The molecule has 0 unspecified atom stereocenters. The highest BCUT2D eigenvalue weighted by Gasteiger charge is 2.12. The van der Waals surface area contributed by atoms with Gasteiger partial charge in [-0.2, -0.15) is 5.10 Å². The Morgan fingerprint density at radius 3 is 2.59 bits per heavy atom. The van der Waals surface area contributed by atoms with Gasteiger partial charge in [-0.3, -0.25) is 4.79 Å². The maximum atomic E-state index is 12.0. The van der Waals surface area contributed by atoms with Crippen molar-refractivity contribution >= 4 is 35.3 Å². The van der Waals surface area contributed by atoms with Crippen LogP contribution >= 0.6 is 23.2 Å². The Balaban J connectivity index is 1.75. The number of nitrogens with zero attached hydrogens (tertiary/aromatic N) is 2. The normalized spacial score (nSPS) is 11.1. The van der Waals surface area contributed by atoms with Gasteiger partial charge in [0.05, 0.1) is 23.3 Å². The van der Waals surface area contributed by atoms with E-state index in [-0.39, 0.29) is 12.3 Å². The van der Waals surface area contributed by atoms with Crippen molar-refractivity contribution in [2.24, 2.45) is 5.10 Å². The van der Waals surface area contributed by atoms with Crippen molar-refractivity contribution in [3.05, 3.63) is 87.2 Å². The largest absolute Gasteiger partial charge is 0.316 e. The Bertz CT molecular complexity index is 994. The Kier molecular flexibility index (Phi) is 5.99. The molecule has 0 fully saturated rings. The van der Waals surface area contributed by atoms with Gasteiger partial charge in [-0.15, -0.1) is 0 Å². The van der Waals surface area contributed by atoms with Crippen LogP contribution < -0.4 is 5.43 Å². The van der Waals surface area contributed by atoms with Gasteiger partial charge in [0.1, 0.15) is 0 Å². The summed E-state index contributed by atoms with van der Waals surface area (Å²) < 4.78 is 2.02. The summed E-state index contributed by atoms with van der Waals surface area (Å²) in [4.78, 5) is 12.0. The molecule has 0 radical (unpaired) electrons. The Morgan fingerprint density at radius 2 is 1.85 bits per heavy atom. The number of halogens is 2. The molecule has 1 N–H and O–H groups in total. The number of hydrazone groups is 1. The molecule has 1 amide bonds. The standard InChI is InChI=1S/C21H19Cl2N3O/c1-14-10-17(13-24-25-21(27)11-16-6-4-3-5-7-16)15(2)26(14)20-12-18(22)8-9-19(20)23/h3-10,12-13H,11H2,1-2H3,(H,25,27)/b24-13+. The van der Waals surface area contributed by atoms with Crippen LogP contribution in [0.5, 0.6) is 0 Å². The average Bonchev–Trinajstić information content (AvgIpc) is 2.92. The number of aryl methyl sites for hydroxylation is 1. The Hall–Kier alpha value is -2.56. The smallest absolute Gasteiger partial charge is 0.244 e. The van der Waals surface area contributed by atoms with Crippen LogP contribution in [0.4, 0.5) is 0 Å². The molecule has 0 saturated carbocycles. The van der Waals surface area contributed by atoms with Crippen molar-refractivity contribution in [2.45, 2.75) is 20.3 Å². The van der Waals surface area contributed by atoms with Gasteiger partial charge >= 0.3 is 0 Å². The first kappa shape index (κ1) is 19.2. The molecule has 0 aliphatic rings. The summed E-state index contributed by atoms with van der Waals surface area (Å²) in [7, 11) is 0. The second kappa shape index (κ2) is 8.42. The molecule has 0 spiro atoms. The maximum absolute atomic E-state index is 12.0. The predicted molar refractivity (Wildman–Crippen MR) is 111 cm³/mol. The van der Waals surface area contributed by atoms with Gasteiger partial charge in [-0.05, 0) is 43.7 Å². The van der Waals surface area contributed by atoms with Gasteiger partial charge in [0.2, 0.25) is 5.91 Å². The molecule has 0 aliphatic heterocycles. The number of aromatic nitrogens is 1. The summed E-state index contributed by atoms with van der Waals surface area (Å²) in [6, 6.07) is 16.9. The lowest BCUT2D eigenvalue weighted by molar-refractivity contribution is -0.120. The number of hydrogen-bond acceptors (Lipinski definition) is 2. The highest BCUT2D eigenvalue weighted by Crippen LogP contribution is 2.28. The SMILES string of the molecule is Cc1cc(/C=N/NC(=O)Cc2ccccc2)c(C)n1-c1cc(Cl)ccc1Cl. The molecular formula is C21H19Cl2N3O. The van der Waals surface area contributed by atoms with Crippen molar-refractivity contribution < 1.29 is 4.79 Å². The van der Waals surface area contributed by atoms with Crippen LogP contribution in [0.15, 0.2) is 59.7 Å². The van der Waals surface area contributed by atoms with E-state index in [0.29, 0.717) is 10.0 Å². The van der Waals surface area contributed by atoms with Gasteiger partial charge in [0.15, 0.2) is 0 Å². The van der Waals surface area contributed by atoms with E-state index >= 15 is 0 Å². The third-order valence-corrected chi connectivity index (χ3v) is 4.77. The first-order valence-corrected chi connectivity index (χ1v) is 9.21. The van der Waals surface area contributed by atoms with Crippen LogP contribution in [-0.2, 0) is 11.2 Å². The number of rotatable bonds is 5. The number of amides is 1. The fourth-order valence-electron chi connectivity index (χ4n) is 2.94. The number of carbonyl (C=O) groups is 1. The number of nitrogens with one attached hydrogen (secondary N) is 1. The molecule has 0 aliphatic carbocycles. The summed E-state index contributed by atoms with van der Waals surface area (Å²) in [6.45, 7) is 3.95. The minimum absolute atomic E-state index is 0.163. The molecule has 0 saturated heterocycles. The van der Waals surface area contributed by atoms with Crippen LogP contribution in [0.25, 0.3) is 5.69 Å². The number of benzene rings is 2. The second-order valence-electron chi connectivity index (χ2n) is 6.21. The second-order valence-corrected chi connectivity index (χ2v) is 7.06. The van der Waals surface area contributed by atoms with Crippen molar-refractivity contribution in [1.82, 2.24) is 9.99 Å². The predicted octanol–water partition coefficient (Wildman–Crippen LogP) is 5.09. The van der Waals surface area contributed by atoms with Gasteiger partial charge in [0.25, 0.3) is 0 Å². The first-order chi connectivity index (χ1) is 13.0. The van der Waals surface area contributed by atoms with Crippen LogP contribution in [0.3, 0.4) is 0 Å². The monoisotopic (exact) mass is 399 g/mol. The Labute approximate surface area is 168 Å². The molecule has 138 valence electrons. The lowest BCUT2D eigenvalue weighted by atomic mass is 10.1. The molecule has 3 aromatic rings. The van der Waals surface area contributed by atoms with Crippen molar-refractivity contribution in [3.63, 3.8) is 0 Å². The quantitative estimate of drug-likeness (QED) is 0.471. The molecule has 27 heavy (non-hydrogen) atoms. The molecule has 0 atom stereocenters. The van der Waals surface area contributed by atoms with Gasteiger partial charge in [-0.1, -0.05) is 53.5 Å². The first-order valence-electron chi connectivity index (χ1n) is 8.46. The summed E-state index contributed by atoms with van der Waals surface area (Å²) in [6.07, 6.45) is 1.93. The molecule has 1 aromatic heterocycles. The topological polar surface area (TPSA) is 46.4 Å².